The van der Waals surface area contributed by atoms with E-state index in [0.29, 0.717) is 13.0 Å². The lowest BCUT2D eigenvalue weighted by Gasteiger charge is -2.51. The molecule has 2 spiro atoms. The first-order valence-electron chi connectivity index (χ1n) is 10.6. The Morgan fingerprint density at radius 3 is 2.69 bits per heavy atom. The minimum Gasteiger partial charge on any atom is -0.469 e. The van der Waals surface area contributed by atoms with E-state index >= 15 is 0 Å². The average molecular weight is 396 g/mol. The van der Waals surface area contributed by atoms with Crippen LogP contribution in [0.3, 0.4) is 0 Å². The van der Waals surface area contributed by atoms with Crippen LogP contribution in [-0.2, 0) is 24.5 Å². The Labute approximate surface area is 171 Å². The van der Waals surface area contributed by atoms with Crippen molar-refractivity contribution in [1.29, 1.82) is 0 Å². The molecular weight excluding hydrogens is 368 g/mol. The van der Waals surface area contributed by atoms with Gasteiger partial charge in [0.25, 0.3) is 0 Å². The van der Waals surface area contributed by atoms with Gasteiger partial charge in [0.15, 0.2) is 0 Å². The van der Waals surface area contributed by atoms with Gasteiger partial charge in [-0.2, -0.15) is 0 Å². The van der Waals surface area contributed by atoms with Crippen LogP contribution in [0.1, 0.15) is 45.1 Å². The lowest BCUT2D eigenvalue weighted by atomic mass is 9.57. The predicted molar refractivity (Wildman–Crippen MR) is 107 cm³/mol. The van der Waals surface area contributed by atoms with Crippen molar-refractivity contribution in [2.45, 2.75) is 56.5 Å². The summed E-state index contributed by atoms with van der Waals surface area (Å²) in [6, 6.07) is 8.02. The summed E-state index contributed by atoms with van der Waals surface area (Å²) in [4.78, 5) is 41.7. The molecule has 3 fully saturated rings. The highest BCUT2D eigenvalue weighted by molar-refractivity contribution is 5.92. The van der Waals surface area contributed by atoms with Gasteiger partial charge in [-0.05, 0) is 42.2 Å². The number of methoxy groups -OCH3 is 1. The van der Waals surface area contributed by atoms with E-state index in [1.807, 2.05) is 28.0 Å². The molecule has 0 aromatic heterocycles. The smallest absolute Gasteiger partial charge is 0.311 e. The predicted octanol–water partition coefficient (Wildman–Crippen LogP) is 2.50. The van der Waals surface area contributed by atoms with Crippen LogP contribution in [0, 0.1) is 17.3 Å². The molecule has 2 heterocycles. The van der Waals surface area contributed by atoms with E-state index in [9.17, 15) is 14.4 Å². The number of anilines is 1. The molecule has 6 nitrogen and oxygen atoms in total. The van der Waals surface area contributed by atoms with Crippen LogP contribution in [0.25, 0.3) is 0 Å². The van der Waals surface area contributed by atoms with E-state index < -0.39 is 16.9 Å². The topological polar surface area (TPSA) is 66.9 Å². The van der Waals surface area contributed by atoms with Crippen molar-refractivity contribution < 1.29 is 19.1 Å². The van der Waals surface area contributed by atoms with Crippen LogP contribution in [0.15, 0.2) is 24.3 Å². The van der Waals surface area contributed by atoms with Crippen molar-refractivity contribution in [3.63, 3.8) is 0 Å². The number of rotatable bonds is 5. The number of hydrogen-bond acceptors (Lipinski definition) is 4. The largest absolute Gasteiger partial charge is 0.469 e. The third-order valence-corrected chi connectivity index (χ3v) is 8.94. The van der Waals surface area contributed by atoms with Gasteiger partial charge in [-0.15, -0.1) is 0 Å². The Hall–Kier alpha value is -2.37. The van der Waals surface area contributed by atoms with E-state index in [2.05, 4.69) is 19.9 Å². The number of esters is 1. The van der Waals surface area contributed by atoms with Crippen molar-refractivity contribution >= 4 is 24.5 Å². The zero-order valence-corrected chi connectivity index (χ0v) is 17.3. The van der Waals surface area contributed by atoms with Gasteiger partial charge in [-0.3, -0.25) is 14.4 Å². The minimum atomic E-state index is -0.691. The van der Waals surface area contributed by atoms with Gasteiger partial charge < -0.3 is 14.5 Å². The summed E-state index contributed by atoms with van der Waals surface area (Å²) in [5.74, 6) is -0.559. The number of hydrogen-bond donors (Lipinski definition) is 0. The molecule has 1 aromatic rings. The highest BCUT2D eigenvalue weighted by Gasteiger charge is 2.87. The monoisotopic (exact) mass is 396 g/mol. The zero-order chi connectivity index (χ0) is 20.6. The Morgan fingerprint density at radius 1 is 1.28 bits per heavy atom. The van der Waals surface area contributed by atoms with Gasteiger partial charge in [0.1, 0.15) is 0 Å². The summed E-state index contributed by atoms with van der Waals surface area (Å²) in [5.41, 5.74) is 0.660. The summed E-state index contributed by atoms with van der Waals surface area (Å²) in [7, 11) is 1.44. The standard InChI is InChI=1S/C23H28N2O4/c1-4-9-21-12-17(19(28)29-3)23(15(21)2)22(10-11-24(13-26)20(21)22)16-7-5-6-8-18(16)25(23)14-27/h5-8,13-15,17,20H,4,9-12H2,1-3H3/t15-,17-,20+,21+,22-,23-/m1/s1. The Morgan fingerprint density at radius 2 is 2.03 bits per heavy atom. The minimum absolute atomic E-state index is 0.00513. The Kier molecular flexibility index (Phi) is 3.75. The van der Waals surface area contributed by atoms with Gasteiger partial charge in [0.05, 0.1) is 18.6 Å². The first-order chi connectivity index (χ1) is 14.0. The van der Waals surface area contributed by atoms with Crippen molar-refractivity contribution in [2.75, 3.05) is 18.6 Å². The number of amides is 2. The summed E-state index contributed by atoms with van der Waals surface area (Å²) in [6.45, 7) is 5.01. The second-order valence-electron chi connectivity index (χ2n) is 9.27. The molecule has 1 saturated heterocycles. The molecule has 0 N–H and O–H groups in total. The molecule has 2 aliphatic heterocycles. The number of carbonyl (C=O) groups excluding carboxylic acids is 3. The second kappa shape index (κ2) is 5.83. The van der Waals surface area contributed by atoms with Crippen LogP contribution in [0.5, 0.6) is 0 Å². The normalized spacial score (nSPS) is 41.1. The molecule has 6 heteroatoms. The number of benzene rings is 1. The number of carbonyl (C=O) groups is 3. The third-order valence-electron chi connectivity index (χ3n) is 8.94. The maximum Gasteiger partial charge on any atom is 0.311 e. The van der Waals surface area contributed by atoms with Crippen molar-refractivity contribution in [2.24, 2.45) is 17.3 Å². The van der Waals surface area contributed by atoms with Gasteiger partial charge in [-0.25, -0.2) is 0 Å². The fraction of sp³-hybridized carbons (Fsp3) is 0.609. The first-order valence-corrected chi connectivity index (χ1v) is 10.6. The van der Waals surface area contributed by atoms with E-state index in [1.165, 1.54) is 7.11 Å². The average Bonchev–Trinajstić information content (AvgIpc) is 3.38. The van der Waals surface area contributed by atoms with E-state index in [0.717, 1.165) is 43.3 Å². The van der Waals surface area contributed by atoms with Crippen LogP contribution in [0.4, 0.5) is 5.69 Å². The van der Waals surface area contributed by atoms with Gasteiger partial charge in [0, 0.05) is 23.7 Å². The molecule has 2 aliphatic carbocycles. The molecule has 29 heavy (non-hydrogen) atoms. The summed E-state index contributed by atoms with van der Waals surface area (Å²) in [6.07, 6.45) is 5.21. The van der Waals surface area contributed by atoms with Gasteiger partial charge >= 0.3 is 5.97 Å². The summed E-state index contributed by atoms with van der Waals surface area (Å²) in [5, 5.41) is 0. The molecule has 0 radical (unpaired) electrons. The first kappa shape index (κ1) is 18.6. The molecule has 154 valence electrons. The molecule has 2 amide bonds. The van der Waals surface area contributed by atoms with E-state index in [-0.39, 0.29) is 23.3 Å². The van der Waals surface area contributed by atoms with Gasteiger partial charge in [-0.1, -0.05) is 38.5 Å². The SMILES string of the molecule is CCC[C@]12C[C@H](C(=O)OC)[C@@]3([C@@H]1C)N(C=O)c1ccccc1[C@@]31CCN(C=O)[C@@H]21. The number of nitrogens with zero attached hydrogens (tertiary/aromatic N) is 2. The van der Waals surface area contributed by atoms with Crippen LogP contribution < -0.4 is 4.90 Å². The highest BCUT2D eigenvalue weighted by atomic mass is 16.5. The molecule has 5 rings (SSSR count). The van der Waals surface area contributed by atoms with Crippen molar-refractivity contribution in [1.82, 2.24) is 4.90 Å². The molecular formula is C23H28N2O4. The Bertz CT molecular complexity index is 903. The maximum atomic E-state index is 13.1. The van der Waals surface area contributed by atoms with Crippen molar-refractivity contribution in [3.8, 4) is 0 Å². The zero-order valence-electron chi connectivity index (χ0n) is 17.3. The number of likely N-dealkylation sites (tertiary alicyclic amines) is 1. The quantitative estimate of drug-likeness (QED) is 0.567. The summed E-state index contributed by atoms with van der Waals surface area (Å²) >= 11 is 0. The summed E-state index contributed by atoms with van der Waals surface area (Å²) < 4.78 is 5.29. The molecule has 0 unspecified atom stereocenters. The number of para-hydroxylation sites is 1. The van der Waals surface area contributed by atoms with Gasteiger partial charge in [0.2, 0.25) is 12.8 Å². The third kappa shape index (κ3) is 1.67. The molecule has 6 atom stereocenters. The molecule has 4 aliphatic rings. The second-order valence-corrected chi connectivity index (χ2v) is 9.27. The van der Waals surface area contributed by atoms with E-state index in [1.54, 1.807) is 0 Å². The van der Waals surface area contributed by atoms with Crippen LogP contribution in [-0.4, -0.2) is 48.9 Å². The molecule has 2 bridgehead atoms. The molecule has 1 aromatic carbocycles. The maximum absolute atomic E-state index is 13.1. The van der Waals surface area contributed by atoms with E-state index in [4.69, 9.17) is 4.74 Å². The number of fused-ring (bicyclic) bond motifs is 3. The van der Waals surface area contributed by atoms with Crippen molar-refractivity contribution in [3.05, 3.63) is 29.8 Å². The highest BCUT2D eigenvalue weighted by Crippen LogP contribution is 2.80. The number of ether oxygens (including phenoxy) is 1. The lowest BCUT2D eigenvalue weighted by Crippen LogP contribution is -2.66. The fourth-order valence-electron chi connectivity index (χ4n) is 8.53. The molecule has 2 saturated carbocycles. The van der Waals surface area contributed by atoms with Crippen LogP contribution >= 0.6 is 0 Å². The fourth-order valence-corrected chi connectivity index (χ4v) is 8.53. The van der Waals surface area contributed by atoms with Crippen LogP contribution in [0.2, 0.25) is 0 Å². The lowest BCUT2D eigenvalue weighted by molar-refractivity contribution is -0.150. The Balaban J connectivity index is 1.88.